The Morgan fingerprint density at radius 3 is 2.62 bits per heavy atom. The molecule has 0 bridgehead atoms. The van der Waals surface area contributed by atoms with E-state index < -0.39 is 5.41 Å². The number of hydrogen-bond acceptors (Lipinski definition) is 5. The molecule has 142 valence electrons. The molecule has 0 spiro atoms. The molecule has 0 amide bonds. The number of rotatable bonds is 3. The maximum atomic E-state index is 13.1. The van der Waals surface area contributed by atoms with Gasteiger partial charge in [-0.1, -0.05) is 40.2 Å². The minimum atomic E-state index is -0.902. The van der Waals surface area contributed by atoms with Gasteiger partial charge in [0, 0.05) is 5.56 Å². The number of benzene rings is 1. The maximum Gasteiger partial charge on any atom is 0.316 e. The molecule has 1 aromatic rings. The number of fused-ring (bicyclic) bond motifs is 3. The van der Waals surface area contributed by atoms with Gasteiger partial charge < -0.3 is 9.84 Å². The van der Waals surface area contributed by atoms with Crippen LogP contribution in [-0.2, 0) is 21.4 Å². The van der Waals surface area contributed by atoms with E-state index in [1.165, 1.54) is 7.11 Å². The van der Waals surface area contributed by atoms with E-state index in [4.69, 9.17) is 4.74 Å². The number of nitrogens with zero attached hydrogens (tertiary/aromatic N) is 1. The topological polar surface area (TPSA) is 76.0 Å². The molecule has 5 nitrogen and oxygen atoms in total. The summed E-state index contributed by atoms with van der Waals surface area (Å²) in [6, 6.07) is 1.96. The molecule has 2 atom stereocenters. The zero-order valence-electron chi connectivity index (χ0n) is 16.4. The van der Waals surface area contributed by atoms with Crippen LogP contribution in [0.25, 0.3) is 0 Å². The van der Waals surface area contributed by atoms with Crippen molar-refractivity contribution >= 4 is 11.7 Å². The lowest BCUT2D eigenvalue weighted by Gasteiger charge is -2.54. The van der Waals surface area contributed by atoms with Gasteiger partial charge in [0.05, 0.1) is 12.5 Å². The Bertz CT molecular complexity index is 753. The molecule has 3 rings (SSSR count). The maximum absolute atomic E-state index is 13.1. The van der Waals surface area contributed by atoms with Crippen LogP contribution in [0.2, 0.25) is 0 Å². The van der Waals surface area contributed by atoms with E-state index in [9.17, 15) is 14.8 Å². The number of carbonyl (C=O) groups excluding carboxylic acids is 1. The van der Waals surface area contributed by atoms with Crippen molar-refractivity contribution in [1.29, 1.82) is 0 Å². The van der Waals surface area contributed by atoms with Crippen LogP contribution in [0, 0.1) is 16.2 Å². The monoisotopic (exact) mass is 359 g/mol. The lowest BCUT2D eigenvalue weighted by molar-refractivity contribution is -0.156. The molecule has 0 saturated heterocycles. The third kappa shape index (κ3) is 2.47. The molecule has 1 fully saturated rings. The van der Waals surface area contributed by atoms with E-state index in [1.54, 1.807) is 0 Å². The van der Waals surface area contributed by atoms with Crippen molar-refractivity contribution in [3.05, 3.63) is 27.7 Å². The molecule has 0 unspecified atom stereocenters. The normalized spacial score (nSPS) is 26.8. The summed E-state index contributed by atoms with van der Waals surface area (Å²) in [7, 11) is 1.40. The van der Waals surface area contributed by atoms with Crippen molar-refractivity contribution in [3.63, 3.8) is 0 Å². The van der Waals surface area contributed by atoms with Crippen LogP contribution in [-0.4, -0.2) is 18.2 Å². The number of esters is 1. The highest BCUT2D eigenvalue weighted by molar-refractivity contribution is 5.88. The Balaban J connectivity index is 2.37. The molecule has 0 heterocycles. The number of aromatic hydroxyl groups is 1. The summed E-state index contributed by atoms with van der Waals surface area (Å²) in [6.07, 6.45) is 4.19. The summed E-state index contributed by atoms with van der Waals surface area (Å²) < 4.78 is 5.25. The Hall–Kier alpha value is -1.91. The minimum Gasteiger partial charge on any atom is -0.505 e. The van der Waals surface area contributed by atoms with Crippen LogP contribution in [0.1, 0.15) is 76.0 Å². The van der Waals surface area contributed by atoms with Gasteiger partial charge in [0.15, 0.2) is 5.69 Å². The Morgan fingerprint density at radius 1 is 1.35 bits per heavy atom. The Kier molecular flexibility index (Phi) is 4.62. The van der Waals surface area contributed by atoms with Crippen molar-refractivity contribution in [2.75, 3.05) is 7.11 Å². The van der Waals surface area contributed by atoms with Gasteiger partial charge in [-0.2, -0.15) is 0 Å². The summed E-state index contributed by atoms with van der Waals surface area (Å²) in [4.78, 5) is 24.9. The van der Waals surface area contributed by atoms with Crippen LogP contribution in [0.5, 0.6) is 5.75 Å². The molecule has 26 heavy (non-hydrogen) atoms. The van der Waals surface area contributed by atoms with Crippen molar-refractivity contribution in [1.82, 2.24) is 0 Å². The zero-order valence-corrected chi connectivity index (χ0v) is 16.4. The molecule has 0 aromatic heterocycles. The predicted octanol–water partition coefficient (Wildman–Crippen LogP) is 5.10. The predicted molar refractivity (Wildman–Crippen MR) is 101 cm³/mol. The standard InChI is InChI=1S/C21H29NO4/c1-12(2)14-11-13-7-8-15-20(3,4)9-6-10-21(15,19(24)26-5)16(13)17(22-25)18(14)23/h11-12,15,23H,6-10H2,1-5H3/t15-,21+/m0/s1. The smallest absolute Gasteiger partial charge is 0.316 e. The second-order valence-corrected chi connectivity index (χ2v) is 8.84. The van der Waals surface area contributed by atoms with Crippen molar-refractivity contribution in [2.24, 2.45) is 16.5 Å². The van der Waals surface area contributed by atoms with Gasteiger partial charge >= 0.3 is 5.97 Å². The van der Waals surface area contributed by atoms with Crippen LogP contribution >= 0.6 is 0 Å². The van der Waals surface area contributed by atoms with E-state index in [0.29, 0.717) is 17.5 Å². The largest absolute Gasteiger partial charge is 0.505 e. The lowest BCUT2D eigenvalue weighted by atomic mass is 9.49. The third-order valence-electron chi connectivity index (χ3n) is 6.73. The summed E-state index contributed by atoms with van der Waals surface area (Å²) in [5, 5.41) is 14.0. The average molecular weight is 359 g/mol. The molecule has 1 saturated carbocycles. The van der Waals surface area contributed by atoms with E-state index >= 15 is 0 Å². The molecule has 5 heteroatoms. The first kappa shape index (κ1) is 18.9. The fourth-order valence-corrected chi connectivity index (χ4v) is 5.56. The van der Waals surface area contributed by atoms with Gasteiger partial charge in [0.25, 0.3) is 0 Å². The Labute approximate surface area is 155 Å². The van der Waals surface area contributed by atoms with Crippen LogP contribution in [0.4, 0.5) is 5.69 Å². The highest BCUT2D eigenvalue weighted by atomic mass is 16.5. The van der Waals surface area contributed by atoms with Crippen molar-refractivity contribution in [2.45, 2.75) is 71.1 Å². The average Bonchev–Trinajstić information content (AvgIpc) is 2.59. The van der Waals surface area contributed by atoms with Gasteiger partial charge in [-0.15, -0.1) is 4.91 Å². The van der Waals surface area contributed by atoms with Crippen LogP contribution in [0.15, 0.2) is 11.2 Å². The molecule has 0 aliphatic heterocycles. The summed E-state index contributed by atoms with van der Waals surface area (Å²) in [5.74, 6) is -0.261. The van der Waals surface area contributed by atoms with Gasteiger partial charge in [-0.25, -0.2) is 0 Å². The molecule has 1 aromatic carbocycles. The molecule has 2 aliphatic rings. The molecular weight excluding hydrogens is 330 g/mol. The fraction of sp³-hybridized carbons (Fsp3) is 0.667. The summed E-state index contributed by atoms with van der Waals surface area (Å²) >= 11 is 0. The highest BCUT2D eigenvalue weighted by Crippen LogP contribution is 2.61. The second kappa shape index (κ2) is 6.36. The fourth-order valence-electron chi connectivity index (χ4n) is 5.56. The van der Waals surface area contributed by atoms with E-state index in [0.717, 1.165) is 31.2 Å². The second-order valence-electron chi connectivity index (χ2n) is 8.84. The molecular formula is C21H29NO4. The van der Waals surface area contributed by atoms with E-state index in [1.807, 2.05) is 19.9 Å². The first-order valence-corrected chi connectivity index (χ1v) is 9.51. The number of phenolic OH excluding ortho intramolecular Hbond substituents is 1. The number of nitroso groups, excluding NO2 is 1. The lowest BCUT2D eigenvalue weighted by Crippen LogP contribution is -2.54. The number of aryl methyl sites for hydroxylation is 1. The van der Waals surface area contributed by atoms with Gasteiger partial charge in [0.1, 0.15) is 5.75 Å². The zero-order chi connectivity index (χ0) is 19.3. The summed E-state index contributed by atoms with van der Waals surface area (Å²) in [5.41, 5.74) is 1.38. The molecule has 0 radical (unpaired) electrons. The number of ether oxygens (including phenoxy) is 1. The number of carbonyl (C=O) groups is 1. The first-order valence-electron chi connectivity index (χ1n) is 9.51. The highest BCUT2D eigenvalue weighted by Gasteiger charge is 2.59. The van der Waals surface area contributed by atoms with Gasteiger partial charge in [-0.3, -0.25) is 4.79 Å². The summed E-state index contributed by atoms with van der Waals surface area (Å²) in [6.45, 7) is 8.33. The number of hydrogen-bond donors (Lipinski definition) is 1. The van der Waals surface area contributed by atoms with Gasteiger partial charge in [-0.05, 0) is 59.2 Å². The van der Waals surface area contributed by atoms with E-state index in [2.05, 4.69) is 19.0 Å². The number of phenols is 1. The van der Waals surface area contributed by atoms with Crippen molar-refractivity contribution < 1.29 is 14.6 Å². The van der Waals surface area contributed by atoms with Crippen LogP contribution < -0.4 is 0 Å². The molecule has 2 aliphatic carbocycles. The SMILES string of the molecule is COC(=O)[C@]12CCCC(C)(C)[C@@H]1CCc1cc(C(C)C)c(O)c(N=O)c12. The number of methoxy groups -OCH3 is 1. The minimum absolute atomic E-state index is 0.0407. The Morgan fingerprint density at radius 2 is 2.04 bits per heavy atom. The third-order valence-corrected chi connectivity index (χ3v) is 6.73. The first-order chi connectivity index (χ1) is 12.2. The van der Waals surface area contributed by atoms with Crippen LogP contribution in [0.3, 0.4) is 0 Å². The molecule has 1 N–H and O–H groups in total. The van der Waals surface area contributed by atoms with Crippen molar-refractivity contribution in [3.8, 4) is 5.75 Å². The van der Waals surface area contributed by atoms with E-state index in [-0.39, 0.29) is 34.7 Å². The van der Waals surface area contributed by atoms with Gasteiger partial charge in [0.2, 0.25) is 0 Å². The quantitative estimate of drug-likeness (QED) is 0.602.